The highest BCUT2D eigenvalue weighted by atomic mass is 16.5. The molecule has 1 aromatic heterocycles. The maximum Gasteiger partial charge on any atom is 0.274 e. The van der Waals surface area contributed by atoms with E-state index in [2.05, 4.69) is 10.3 Å². The topological polar surface area (TPSA) is 71.5 Å². The smallest absolute Gasteiger partial charge is 0.274 e. The van der Waals surface area contributed by atoms with Gasteiger partial charge in [0.25, 0.3) is 5.91 Å². The van der Waals surface area contributed by atoms with E-state index in [9.17, 15) is 9.90 Å². The molecule has 2 N–H and O–H groups in total. The second-order valence-electron chi connectivity index (χ2n) is 4.57. The summed E-state index contributed by atoms with van der Waals surface area (Å²) in [6.07, 6.45) is 2.17. The molecule has 0 saturated heterocycles. The van der Waals surface area contributed by atoms with Gasteiger partial charge in [-0.15, -0.1) is 0 Å². The Balaban J connectivity index is 1.83. The molecule has 0 radical (unpaired) electrons. The summed E-state index contributed by atoms with van der Waals surface area (Å²) in [6.45, 7) is 0.552. The number of carbonyl (C=O) groups excluding carboxylic acids is 1. The largest absolute Gasteiger partial charge is 0.505 e. The maximum atomic E-state index is 12.2. The van der Waals surface area contributed by atoms with Crippen molar-refractivity contribution < 1.29 is 14.6 Å². The molecule has 2 aromatic rings. The van der Waals surface area contributed by atoms with E-state index in [1.165, 1.54) is 12.3 Å². The first-order valence-electron chi connectivity index (χ1n) is 6.42. The zero-order chi connectivity index (χ0) is 13.9. The summed E-state index contributed by atoms with van der Waals surface area (Å²) in [5.41, 5.74) is 0.985. The highest BCUT2D eigenvalue weighted by molar-refractivity contribution is 5.95. The Morgan fingerprint density at radius 3 is 3.00 bits per heavy atom. The Bertz CT molecular complexity index is 643. The molecule has 1 amide bonds. The average molecular weight is 270 g/mol. The quantitative estimate of drug-likeness (QED) is 0.876. The molecule has 1 aliphatic heterocycles. The Labute approximate surface area is 116 Å². The number of pyridine rings is 1. The Hall–Kier alpha value is -2.56. The van der Waals surface area contributed by atoms with Gasteiger partial charge in [-0.05, 0) is 18.2 Å². The number of aromatic hydroxyl groups is 1. The summed E-state index contributed by atoms with van der Waals surface area (Å²) in [5.74, 6) is 0.282. The van der Waals surface area contributed by atoms with E-state index in [1.54, 1.807) is 6.07 Å². The first kappa shape index (κ1) is 12.5. The Morgan fingerprint density at radius 2 is 2.15 bits per heavy atom. The molecule has 1 atom stereocenters. The van der Waals surface area contributed by atoms with E-state index in [1.807, 2.05) is 24.3 Å². The fourth-order valence-corrected chi connectivity index (χ4v) is 2.29. The lowest BCUT2D eigenvalue weighted by molar-refractivity contribution is 0.0917. The molecule has 3 rings (SSSR count). The van der Waals surface area contributed by atoms with Crippen molar-refractivity contribution >= 4 is 5.91 Å². The van der Waals surface area contributed by atoms with Crippen LogP contribution in [0.25, 0.3) is 0 Å². The SMILES string of the molecule is O=C(NC1CCOc2ccccc21)c1ncccc1O. The third-order valence-electron chi connectivity index (χ3n) is 3.27. The van der Waals surface area contributed by atoms with E-state index in [0.717, 1.165) is 11.3 Å². The van der Waals surface area contributed by atoms with Crippen LogP contribution in [-0.2, 0) is 0 Å². The van der Waals surface area contributed by atoms with Crippen LogP contribution in [0, 0.1) is 0 Å². The molecule has 20 heavy (non-hydrogen) atoms. The van der Waals surface area contributed by atoms with E-state index in [-0.39, 0.29) is 23.4 Å². The van der Waals surface area contributed by atoms with Crippen molar-refractivity contribution in [1.82, 2.24) is 10.3 Å². The number of nitrogens with one attached hydrogen (secondary N) is 1. The highest BCUT2D eigenvalue weighted by Gasteiger charge is 2.24. The molecule has 0 saturated carbocycles. The lowest BCUT2D eigenvalue weighted by atomic mass is 10.0. The lowest BCUT2D eigenvalue weighted by Gasteiger charge is -2.26. The molecule has 0 aliphatic carbocycles. The maximum absolute atomic E-state index is 12.2. The van der Waals surface area contributed by atoms with Crippen LogP contribution in [0.3, 0.4) is 0 Å². The molecular formula is C15H14N2O3. The van der Waals surface area contributed by atoms with Crippen molar-refractivity contribution in [2.24, 2.45) is 0 Å². The van der Waals surface area contributed by atoms with E-state index in [4.69, 9.17) is 4.74 Å². The molecule has 5 nitrogen and oxygen atoms in total. The fourth-order valence-electron chi connectivity index (χ4n) is 2.29. The van der Waals surface area contributed by atoms with Gasteiger partial charge in [-0.25, -0.2) is 4.98 Å². The van der Waals surface area contributed by atoms with Crippen LogP contribution in [0.2, 0.25) is 0 Å². The monoisotopic (exact) mass is 270 g/mol. The molecular weight excluding hydrogens is 256 g/mol. The minimum atomic E-state index is -0.384. The summed E-state index contributed by atoms with van der Waals surface area (Å²) < 4.78 is 5.55. The number of hydrogen-bond donors (Lipinski definition) is 2. The van der Waals surface area contributed by atoms with Crippen molar-refractivity contribution in [3.8, 4) is 11.5 Å². The Morgan fingerprint density at radius 1 is 1.30 bits per heavy atom. The van der Waals surface area contributed by atoms with Crippen molar-refractivity contribution in [3.05, 3.63) is 53.9 Å². The number of aromatic nitrogens is 1. The van der Waals surface area contributed by atoms with Gasteiger partial charge in [0, 0.05) is 18.2 Å². The van der Waals surface area contributed by atoms with Gasteiger partial charge >= 0.3 is 0 Å². The van der Waals surface area contributed by atoms with Gasteiger partial charge in [-0.3, -0.25) is 4.79 Å². The van der Waals surface area contributed by atoms with Crippen LogP contribution < -0.4 is 10.1 Å². The summed E-state index contributed by atoms with van der Waals surface area (Å²) in [5, 5.41) is 12.5. The summed E-state index contributed by atoms with van der Waals surface area (Å²) in [4.78, 5) is 16.1. The van der Waals surface area contributed by atoms with Crippen molar-refractivity contribution in [1.29, 1.82) is 0 Å². The van der Waals surface area contributed by atoms with Crippen LogP contribution in [0.4, 0.5) is 0 Å². The van der Waals surface area contributed by atoms with Gasteiger partial charge in [0.15, 0.2) is 5.69 Å². The average Bonchev–Trinajstić information content (AvgIpc) is 2.48. The molecule has 102 valence electrons. The predicted octanol–water partition coefficient (Wildman–Crippen LogP) is 2.04. The molecule has 0 fully saturated rings. The van der Waals surface area contributed by atoms with Crippen LogP contribution >= 0.6 is 0 Å². The number of fused-ring (bicyclic) bond motifs is 1. The van der Waals surface area contributed by atoms with Crippen molar-refractivity contribution in [2.75, 3.05) is 6.61 Å². The summed E-state index contributed by atoms with van der Waals surface area (Å²) >= 11 is 0. The summed E-state index contributed by atoms with van der Waals surface area (Å²) in [6, 6.07) is 10.5. The number of amides is 1. The molecule has 2 heterocycles. The molecule has 5 heteroatoms. The molecule has 1 unspecified atom stereocenters. The number of hydrogen-bond acceptors (Lipinski definition) is 4. The van der Waals surface area contributed by atoms with Crippen molar-refractivity contribution in [2.45, 2.75) is 12.5 Å². The van der Waals surface area contributed by atoms with Crippen LogP contribution in [-0.4, -0.2) is 22.6 Å². The fraction of sp³-hybridized carbons (Fsp3) is 0.200. The van der Waals surface area contributed by atoms with Gasteiger partial charge in [0.1, 0.15) is 11.5 Å². The molecule has 0 bridgehead atoms. The predicted molar refractivity (Wildman–Crippen MR) is 72.7 cm³/mol. The van der Waals surface area contributed by atoms with Gasteiger partial charge < -0.3 is 15.2 Å². The number of nitrogens with zero attached hydrogens (tertiary/aromatic N) is 1. The standard InChI is InChI=1S/C15H14N2O3/c18-12-5-3-8-16-14(12)15(19)17-11-7-9-20-13-6-2-1-4-10(11)13/h1-6,8,11,18H,7,9H2,(H,17,19). The molecule has 1 aliphatic rings. The van der Waals surface area contributed by atoms with Gasteiger partial charge in [-0.1, -0.05) is 18.2 Å². The van der Waals surface area contributed by atoms with Gasteiger partial charge in [-0.2, -0.15) is 0 Å². The minimum absolute atomic E-state index is 0.0384. The number of ether oxygens (including phenoxy) is 1. The lowest BCUT2D eigenvalue weighted by Crippen LogP contribution is -2.32. The second-order valence-corrected chi connectivity index (χ2v) is 4.57. The second kappa shape index (κ2) is 5.21. The highest BCUT2D eigenvalue weighted by Crippen LogP contribution is 2.31. The number of para-hydroxylation sites is 1. The Kier molecular flexibility index (Phi) is 3.25. The van der Waals surface area contributed by atoms with Crippen LogP contribution in [0.1, 0.15) is 28.5 Å². The number of carbonyl (C=O) groups is 1. The third-order valence-corrected chi connectivity index (χ3v) is 3.27. The van der Waals surface area contributed by atoms with E-state index < -0.39 is 0 Å². The van der Waals surface area contributed by atoms with E-state index >= 15 is 0 Å². The number of benzene rings is 1. The normalized spacial score (nSPS) is 16.9. The van der Waals surface area contributed by atoms with E-state index in [0.29, 0.717) is 13.0 Å². The molecule has 1 aromatic carbocycles. The summed E-state index contributed by atoms with van der Waals surface area (Å²) in [7, 11) is 0. The molecule has 0 spiro atoms. The minimum Gasteiger partial charge on any atom is -0.505 e. The van der Waals surface area contributed by atoms with Crippen LogP contribution in [0.15, 0.2) is 42.6 Å². The third kappa shape index (κ3) is 2.30. The van der Waals surface area contributed by atoms with Gasteiger partial charge in [0.2, 0.25) is 0 Å². The zero-order valence-corrected chi connectivity index (χ0v) is 10.7. The van der Waals surface area contributed by atoms with Crippen molar-refractivity contribution in [3.63, 3.8) is 0 Å². The first-order chi connectivity index (χ1) is 9.75. The van der Waals surface area contributed by atoms with Crippen LogP contribution in [0.5, 0.6) is 11.5 Å². The first-order valence-corrected chi connectivity index (χ1v) is 6.42. The van der Waals surface area contributed by atoms with Gasteiger partial charge in [0.05, 0.1) is 12.6 Å². The zero-order valence-electron chi connectivity index (χ0n) is 10.7. The number of rotatable bonds is 2.